The quantitative estimate of drug-likeness (QED) is 0.209. The first-order chi connectivity index (χ1) is 18.5. The van der Waals surface area contributed by atoms with Crippen molar-refractivity contribution in [1.82, 2.24) is 9.88 Å². The third-order valence-corrected chi connectivity index (χ3v) is 8.15. The summed E-state index contributed by atoms with van der Waals surface area (Å²) in [6, 6.07) is 3.73. The summed E-state index contributed by atoms with van der Waals surface area (Å²) < 4.78 is 72.4. The van der Waals surface area contributed by atoms with Crippen molar-refractivity contribution < 1.29 is 26.3 Å². The molecule has 0 radical (unpaired) electrons. The fourth-order valence-electron chi connectivity index (χ4n) is 4.01. The largest absolute Gasteiger partial charge is 0.389 e. The monoisotopic (exact) mass is 590 g/mol. The average Bonchev–Trinajstić information content (AvgIpc) is 3.54. The molecule has 0 saturated heterocycles. The van der Waals surface area contributed by atoms with Gasteiger partial charge < -0.3 is 4.90 Å². The number of aliphatic imine (C=N–C) groups is 2. The highest BCUT2D eigenvalue weighted by atomic mass is 32.2. The maximum Gasteiger partial charge on any atom is 0.389 e. The molecule has 0 atom stereocenters. The van der Waals surface area contributed by atoms with E-state index in [0.717, 1.165) is 46.3 Å². The summed E-state index contributed by atoms with van der Waals surface area (Å²) in [5.41, 5.74) is 3.96. The van der Waals surface area contributed by atoms with Crippen molar-refractivity contribution in [3.8, 4) is 0 Å². The van der Waals surface area contributed by atoms with Crippen molar-refractivity contribution in [1.29, 1.82) is 0 Å². The zero-order valence-electron chi connectivity index (χ0n) is 21.7. The van der Waals surface area contributed by atoms with E-state index in [9.17, 15) is 26.3 Å². The molecule has 0 amide bonds. The van der Waals surface area contributed by atoms with Crippen LogP contribution in [-0.2, 0) is 0 Å². The highest BCUT2D eigenvalue weighted by molar-refractivity contribution is 8.04. The molecule has 12 heteroatoms. The predicted molar refractivity (Wildman–Crippen MR) is 150 cm³/mol. The van der Waals surface area contributed by atoms with Crippen molar-refractivity contribution in [2.45, 2.75) is 44.5 Å². The molecule has 0 aromatic carbocycles. The third kappa shape index (κ3) is 11.5. The van der Waals surface area contributed by atoms with Crippen LogP contribution < -0.4 is 0 Å². The Bertz CT molecular complexity index is 1090. The normalized spacial score (nSPS) is 18.1. The maximum atomic E-state index is 12.1. The van der Waals surface area contributed by atoms with E-state index in [1.54, 1.807) is 12.4 Å². The highest BCUT2D eigenvalue weighted by Gasteiger charge is 2.27. The lowest BCUT2D eigenvalue weighted by Crippen LogP contribution is -2.28. The molecule has 1 aromatic heterocycles. The van der Waals surface area contributed by atoms with Crippen LogP contribution in [0.25, 0.3) is 0 Å². The zero-order chi connectivity index (χ0) is 28.3. The Morgan fingerprint density at radius 2 is 1.44 bits per heavy atom. The van der Waals surface area contributed by atoms with Crippen molar-refractivity contribution in [2.24, 2.45) is 9.98 Å². The molecule has 214 valence electrons. The van der Waals surface area contributed by atoms with E-state index < -0.39 is 25.2 Å². The van der Waals surface area contributed by atoms with E-state index in [4.69, 9.17) is 0 Å². The second-order valence-corrected chi connectivity index (χ2v) is 11.4. The molecule has 4 rings (SSSR count). The molecule has 1 aromatic rings. The van der Waals surface area contributed by atoms with Gasteiger partial charge in [0.1, 0.15) is 0 Å². The minimum Gasteiger partial charge on any atom is -0.302 e. The Balaban J connectivity index is 0.000000216. The molecule has 4 heterocycles. The lowest BCUT2D eigenvalue weighted by atomic mass is 10.1. The summed E-state index contributed by atoms with van der Waals surface area (Å²) in [4.78, 5) is 17.1. The van der Waals surface area contributed by atoms with Crippen LogP contribution in [0.2, 0.25) is 0 Å². The van der Waals surface area contributed by atoms with Crippen LogP contribution in [0.5, 0.6) is 0 Å². The first-order valence-electron chi connectivity index (χ1n) is 12.7. The topological polar surface area (TPSA) is 40.9 Å². The second kappa shape index (κ2) is 15.1. The second-order valence-electron chi connectivity index (χ2n) is 9.15. The first-order valence-corrected chi connectivity index (χ1v) is 14.7. The standard InChI is InChI=1S/C14H19F3N2S.C13H13F3N2S/c1-19-8-2-4-11(10-19)13-12(5-7-18-13)20-9-3-6-14(15,16)17;14-13(15,16)5-2-8-19-11-4-7-18-12(11)10-3-1-6-17-9-10/h4-5H,2-3,6-10H2,1H3;1,3-4,6,9H,2,5,7-8H2. The first kappa shape index (κ1) is 31.5. The fraction of sp³-hybridized carbons (Fsp3) is 0.519. The number of aromatic nitrogens is 1. The van der Waals surface area contributed by atoms with Crippen LogP contribution in [0.15, 0.2) is 68.1 Å². The number of thioether (sulfide) groups is 2. The molecule has 39 heavy (non-hydrogen) atoms. The molecule has 0 unspecified atom stereocenters. The number of hydrogen-bond acceptors (Lipinski definition) is 6. The highest BCUT2D eigenvalue weighted by Crippen LogP contribution is 2.30. The van der Waals surface area contributed by atoms with Gasteiger partial charge in [-0.3, -0.25) is 15.0 Å². The van der Waals surface area contributed by atoms with Crippen LogP contribution in [0.3, 0.4) is 0 Å². The molecule has 0 bridgehead atoms. The van der Waals surface area contributed by atoms with Gasteiger partial charge in [0.2, 0.25) is 0 Å². The van der Waals surface area contributed by atoms with E-state index in [1.807, 2.05) is 24.3 Å². The number of pyridine rings is 1. The smallest absolute Gasteiger partial charge is 0.302 e. The number of rotatable bonds is 10. The van der Waals surface area contributed by atoms with E-state index >= 15 is 0 Å². The van der Waals surface area contributed by atoms with Gasteiger partial charge >= 0.3 is 12.4 Å². The van der Waals surface area contributed by atoms with Crippen LogP contribution in [0.1, 0.15) is 37.7 Å². The Morgan fingerprint density at radius 3 is 1.97 bits per heavy atom. The van der Waals surface area contributed by atoms with Crippen LogP contribution in [0.4, 0.5) is 26.3 Å². The summed E-state index contributed by atoms with van der Waals surface area (Å²) in [6.45, 7) is 3.16. The van der Waals surface area contributed by atoms with Crippen LogP contribution in [-0.4, -0.2) is 78.4 Å². The molecule has 4 nitrogen and oxygen atoms in total. The van der Waals surface area contributed by atoms with Crippen LogP contribution in [0, 0.1) is 0 Å². The molecular weight excluding hydrogens is 558 g/mol. The van der Waals surface area contributed by atoms with Crippen molar-refractivity contribution in [3.63, 3.8) is 0 Å². The molecular formula is C27H32F6N4S2. The van der Waals surface area contributed by atoms with Gasteiger partial charge in [-0.25, -0.2) is 0 Å². The van der Waals surface area contributed by atoms with Crippen LogP contribution >= 0.6 is 23.5 Å². The SMILES string of the molecule is CN1CCC=C(C2=NCC=C2SCCCC(F)(F)F)C1.FC(F)(F)CCCSC1=CCN=C1c1cccnc1. The van der Waals surface area contributed by atoms with Gasteiger partial charge in [-0.15, -0.1) is 23.5 Å². The number of halogens is 6. The minimum absolute atomic E-state index is 0.131. The van der Waals surface area contributed by atoms with Gasteiger partial charge in [0.05, 0.1) is 24.5 Å². The van der Waals surface area contributed by atoms with Crippen molar-refractivity contribution in [3.05, 3.63) is 63.7 Å². The predicted octanol–water partition coefficient (Wildman–Crippen LogP) is 7.51. The molecule has 0 spiro atoms. The summed E-state index contributed by atoms with van der Waals surface area (Å²) in [6.07, 6.45) is 1.32. The van der Waals surface area contributed by atoms with Gasteiger partial charge in [0.25, 0.3) is 0 Å². The Kier molecular flexibility index (Phi) is 12.2. The summed E-state index contributed by atoms with van der Waals surface area (Å²) in [7, 11) is 2.07. The Labute approximate surface area is 233 Å². The average molecular weight is 591 g/mol. The number of hydrogen-bond donors (Lipinski definition) is 0. The molecule has 0 N–H and O–H groups in total. The number of nitrogens with zero attached hydrogens (tertiary/aromatic N) is 4. The number of likely N-dealkylation sites (N-methyl/N-ethyl adjacent to an activating group) is 1. The van der Waals surface area contributed by atoms with Crippen molar-refractivity contribution >= 4 is 34.9 Å². The zero-order valence-corrected chi connectivity index (χ0v) is 23.3. The minimum atomic E-state index is -4.06. The lowest BCUT2D eigenvalue weighted by molar-refractivity contribution is -0.135. The maximum absolute atomic E-state index is 12.1. The molecule has 0 aliphatic carbocycles. The third-order valence-electron chi connectivity index (χ3n) is 5.82. The summed E-state index contributed by atoms with van der Waals surface area (Å²) in [5.74, 6) is 0.943. The van der Waals surface area contributed by atoms with Crippen molar-refractivity contribution in [2.75, 3.05) is 44.7 Å². The van der Waals surface area contributed by atoms with E-state index in [1.165, 1.54) is 29.1 Å². The van der Waals surface area contributed by atoms with Gasteiger partial charge in [-0.1, -0.05) is 6.08 Å². The van der Waals surface area contributed by atoms with Gasteiger partial charge in [-0.2, -0.15) is 26.3 Å². The number of alkyl halides is 6. The lowest BCUT2D eigenvalue weighted by Gasteiger charge is -2.23. The fourth-order valence-corrected chi connectivity index (χ4v) is 6.07. The van der Waals surface area contributed by atoms with Gasteiger partial charge in [0.15, 0.2) is 0 Å². The van der Waals surface area contributed by atoms with Gasteiger partial charge in [0, 0.05) is 53.7 Å². The molecule has 0 saturated carbocycles. The Morgan fingerprint density at radius 1 is 0.846 bits per heavy atom. The molecule has 3 aliphatic heterocycles. The van der Waals surface area contributed by atoms with E-state index in [0.29, 0.717) is 24.6 Å². The Hall–Kier alpha value is -2.05. The summed E-state index contributed by atoms with van der Waals surface area (Å²) in [5, 5.41) is 0. The molecule has 0 fully saturated rings. The number of allylic oxidation sites excluding steroid dienone is 2. The molecule has 3 aliphatic rings. The van der Waals surface area contributed by atoms with E-state index in [-0.39, 0.29) is 12.8 Å². The van der Waals surface area contributed by atoms with Gasteiger partial charge in [-0.05, 0) is 67.7 Å². The van der Waals surface area contributed by atoms with E-state index in [2.05, 4.69) is 33.0 Å². The summed E-state index contributed by atoms with van der Waals surface area (Å²) >= 11 is 2.93.